The van der Waals surface area contributed by atoms with Crippen LogP contribution in [-0.2, 0) is 0 Å². The molecule has 2 aromatic heterocycles. The Kier molecular flexibility index (Phi) is 4.51. The van der Waals surface area contributed by atoms with Crippen LogP contribution >= 0.6 is 11.3 Å². The molecular formula is C26H17NOS. The fourth-order valence-electron chi connectivity index (χ4n) is 3.47. The Morgan fingerprint density at radius 1 is 0.552 bits per heavy atom. The molecule has 0 atom stereocenters. The zero-order valence-corrected chi connectivity index (χ0v) is 16.4. The summed E-state index contributed by atoms with van der Waals surface area (Å²) in [5, 5.41) is 4.04. The van der Waals surface area contributed by atoms with Gasteiger partial charge in [-0.25, -0.2) is 4.98 Å². The van der Waals surface area contributed by atoms with Gasteiger partial charge in [0.1, 0.15) is 0 Å². The third-order valence-corrected chi connectivity index (χ3v) is 6.06. The maximum Gasteiger partial charge on any atom is 0.195 e. The summed E-state index contributed by atoms with van der Waals surface area (Å²) in [6.07, 6.45) is 0. The highest BCUT2D eigenvalue weighted by atomic mass is 32.1. The van der Waals surface area contributed by atoms with E-state index in [0.717, 1.165) is 31.2 Å². The molecule has 29 heavy (non-hydrogen) atoms. The van der Waals surface area contributed by atoms with Gasteiger partial charge < -0.3 is 0 Å². The molecule has 4 aromatic carbocycles. The van der Waals surface area contributed by atoms with Gasteiger partial charge >= 0.3 is 0 Å². The third kappa shape index (κ3) is 3.37. The predicted octanol–water partition coefficient (Wildman–Crippen LogP) is 6.80. The molecule has 0 amide bonds. The minimum atomic E-state index is 0.139. The Bertz CT molecular complexity index is 1370. The van der Waals surface area contributed by atoms with Gasteiger partial charge in [-0.05, 0) is 42.5 Å². The molecule has 6 rings (SSSR count). The van der Waals surface area contributed by atoms with E-state index in [0.29, 0.717) is 0 Å². The summed E-state index contributed by atoms with van der Waals surface area (Å²) < 4.78 is 2.11. The van der Waals surface area contributed by atoms with Crippen LogP contribution in [0.25, 0.3) is 42.0 Å². The average Bonchev–Trinajstić information content (AvgIpc) is 2.78. The van der Waals surface area contributed by atoms with Crippen LogP contribution < -0.4 is 5.43 Å². The standard InChI is InChI=1S/C13H9N.C13H8OS/c1-3-7-12-10(5-1)9-11-6-2-4-8-13(11)14-12;14-13-9-5-1-3-7-11(9)15-12-8-4-2-6-10(12)13/h1-9H;1-8H. The highest BCUT2D eigenvalue weighted by molar-refractivity contribution is 7.24. The molecule has 0 bridgehead atoms. The molecule has 0 aliphatic rings. The second-order valence-corrected chi connectivity index (χ2v) is 7.88. The lowest BCUT2D eigenvalue weighted by Gasteiger charge is -1.99. The number of aromatic nitrogens is 1. The lowest BCUT2D eigenvalue weighted by molar-refractivity contribution is 1.50. The van der Waals surface area contributed by atoms with Gasteiger partial charge in [-0.15, -0.1) is 11.3 Å². The van der Waals surface area contributed by atoms with Crippen molar-refractivity contribution < 1.29 is 0 Å². The number of hydrogen-bond acceptors (Lipinski definition) is 3. The van der Waals surface area contributed by atoms with Crippen LogP contribution in [0, 0.1) is 0 Å². The van der Waals surface area contributed by atoms with Gasteiger partial charge in [0.15, 0.2) is 5.43 Å². The van der Waals surface area contributed by atoms with Crippen LogP contribution in [0.1, 0.15) is 0 Å². The Balaban J connectivity index is 0.000000125. The Labute approximate surface area is 171 Å². The average molecular weight is 391 g/mol. The van der Waals surface area contributed by atoms with Gasteiger partial charge in [0.05, 0.1) is 11.0 Å². The molecule has 3 heteroatoms. The number of pyridine rings is 1. The Morgan fingerprint density at radius 2 is 1.00 bits per heavy atom. The highest BCUT2D eigenvalue weighted by Gasteiger charge is 2.03. The molecule has 0 saturated heterocycles. The van der Waals surface area contributed by atoms with Crippen LogP contribution in [-0.4, -0.2) is 4.98 Å². The molecule has 0 N–H and O–H groups in total. The van der Waals surface area contributed by atoms with Crippen LogP contribution in [0.2, 0.25) is 0 Å². The Morgan fingerprint density at radius 3 is 1.55 bits per heavy atom. The summed E-state index contributed by atoms with van der Waals surface area (Å²) >= 11 is 1.67. The van der Waals surface area contributed by atoms with E-state index in [4.69, 9.17) is 0 Å². The lowest BCUT2D eigenvalue weighted by Crippen LogP contribution is -1.99. The van der Waals surface area contributed by atoms with Gasteiger partial charge in [0, 0.05) is 30.9 Å². The number of fused-ring (bicyclic) bond motifs is 4. The van der Waals surface area contributed by atoms with Crippen molar-refractivity contribution in [2.75, 3.05) is 0 Å². The highest BCUT2D eigenvalue weighted by Crippen LogP contribution is 2.23. The fourth-order valence-corrected chi connectivity index (χ4v) is 4.54. The summed E-state index contributed by atoms with van der Waals surface area (Å²) in [6.45, 7) is 0. The monoisotopic (exact) mass is 391 g/mol. The van der Waals surface area contributed by atoms with Crippen LogP contribution in [0.3, 0.4) is 0 Å². The van der Waals surface area contributed by atoms with Crippen LogP contribution in [0.15, 0.2) is 108 Å². The van der Waals surface area contributed by atoms with E-state index < -0.39 is 0 Å². The summed E-state index contributed by atoms with van der Waals surface area (Å²) in [5.41, 5.74) is 2.26. The van der Waals surface area contributed by atoms with E-state index in [1.54, 1.807) is 11.3 Å². The second-order valence-electron chi connectivity index (χ2n) is 6.80. The summed E-state index contributed by atoms with van der Waals surface area (Å²) in [7, 11) is 0. The van der Waals surface area contributed by atoms with Crippen molar-refractivity contribution in [2.24, 2.45) is 0 Å². The maximum absolute atomic E-state index is 12.1. The molecule has 6 aromatic rings. The number of benzene rings is 4. The molecule has 0 saturated carbocycles. The van der Waals surface area contributed by atoms with Crippen molar-refractivity contribution >= 4 is 53.3 Å². The first kappa shape index (κ1) is 17.5. The summed E-state index contributed by atoms with van der Waals surface area (Å²) in [6, 6.07) is 34.1. The molecule has 0 radical (unpaired) electrons. The molecule has 0 spiro atoms. The third-order valence-electron chi connectivity index (χ3n) is 4.91. The van der Waals surface area contributed by atoms with E-state index in [9.17, 15) is 4.79 Å². The van der Waals surface area contributed by atoms with Crippen molar-refractivity contribution in [1.29, 1.82) is 0 Å². The van der Waals surface area contributed by atoms with E-state index >= 15 is 0 Å². The molecule has 2 heterocycles. The zero-order chi connectivity index (χ0) is 19.6. The lowest BCUT2D eigenvalue weighted by atomic mass is 10.1. The number of hydrogen-bond donors (Lipinski definition) is 0. The smallest absolute Gasteiger partial charge is 0.195 e. The number of nitrogens with zero attached hydrogens (tertiary/aromatic N) is 1. The predicted molar refractivity (Wildman–Crippen MR) is 125 cm³/mol. The van der Waals surface area contributed by atoms with Gasteiger partial charge in [0.25, 0.3) is 0 Å². The van der Waals surface area contributed by atoms with Crippen molar-refractivity contribution in [3.8, 4) is 0 Å². The fraction of sp³-hybridized carbons (Fsp3) is 0. The van der Waals surface area contributed by atoms with E-state index in [1.807, 2.05) is 84.9 Å². The minimum Gasteiger partial charge on any atom is -0.289 e. The number of para-hydroxylation sites is 2. The van der Waals surface area contributed by atoms with Gasteiger partial charge in [-0.3, -0.25) is 4.79 Å². The maximum atomic E-state index is 12.1. The van der Waals surface area contributed by atoms with Gasteiger partial charge in [0.2, 0.25) is 0 Å². The van der Waals surface area contributed by atoms with E-state index in [-0.39, 0.29) is 5.43 Å². The molecular weight excluding hydrogens is 374 g/mol. The molecule has 0 aliphatic heterocycles. The molecule has 0 aliphatic carbocycles. The van der Waals surface area contributed by atoms with Gasteiger partial charge in [-0.2, -0.15) is 0 Å². The summed E-state index contributed by atoms with van der Waals surface area (Å²) in [4.78, 5) is 16.7. The van der Waals surface area contributed by atoms with Crippen LogP contribution in [0.5, 0.6) is 0 Å². The van der Waals surface area contributed by atoms with Crippen LogP contribution in [0.4, 0.5) is 0 Å². The first-order chi connectivity index (χ1) is 14.3. The number of rotatable bonds is 0. The molecule has 2 nitrogen and oxygen atoms in total. The van der Waals surface area contributed by atoms with Gasteiger partial charge in [-0.1, -0.05) is 60.7 Å². The zero-order valence-electron chi connectivity index (χ0n) is 15.6. The minimum absolute atomic E-state index is 0.139. The quantitative estimate of drug-likeness (QED) is 0.266. The molecule has 138 valence electrons. The van der Waals surface area contributed by atoms with E-state index in [1.165, 1.54) is 10.8 Å². The first-order valence-corrected chi connectivity index (χ1v) is 10.3. The SMILES string of the molecule is O=c1c2ccccc2sc2ccccc12.c1ccc2nc3ccccc3cc2c1. The van der Waals surface area contributed by atoms with Crippen molar-refractivity contribution in [3.05, 3.63) is 113 Å². The summed E-state index contributed by atoms with van der Waals surface area (Å²) in [5.74, 6) is 0. The topological polar surface area (TPSA) is 30.0 Å². The van der Waals surface area contributed by atoms with Crippen molar-refractivity contribution in [3.63, 3.8) is 0 Å². The Hall–Kier alpha value is -3.56. The van der Waals surface area contributed by atoms with Crippen molar-refractivity contribution in [1.82, 2.24) is 4.98 Å². The second kappa shape index (κ2) is 7.46. The normalized spacial score (nSPS) is 10.9. The van der Waals surface area contributed by atoms with E-state index in [2.05, 4.69) is 23.2 Å². The van der Waals surface area contributed by atoms with Crippen molar-refractivity contribution in [2.45, 2.75) is 0 Å². The molecule has 0 fully saturated rings. The largest absolute Gasteiger partial charge is 0.289 e. The first-order valence-electron chi connectivity index (χ1n) is 9.45. The molecule has 0 unspecified atom stereocenters.